The van der Waals surface area contributed by atoms with Crippen molar-refractivity contribution < 1.29 is 9.53 Å². The highest BCUT2D eigenvalue weighted by Crippen LogP contribution is 2.52. The average Bonchev–Trinajstić information content (AvgIpc) is 2.84. The minimum Gasteiger partial charge on any atom is -0.469 e. The zero-order valence-electron chi connectivity index (χ0n) is 8.49. The second kappa shape index (κ2) is 3.74. The first-order valence-corrected chi connectivity index (χ1v) is 6.28. The Morgan fingerprint density at radius 3 is 2.79 bits per heavy atom. The topological polar surface area (TPSA) is 52.3 Å². The molecular weight excluding hydrogens is 198 g/mol. The zero-order chi connectivity index (χ0) is 10.2. The summed E-state index contributed by atoms with van der Waals surface area (Å²) >= 11 is 1.94. The normalized spacial score (nSPS) is 31.1. The molecular formula is C10H17NO2S. The molecule has 0 aromatic carbocycles. The predicted octanol–water partition coefficient (Wildman–Crippen LogP) is 1.02. The molecule has 1 aliphatic carbocycles. The van der Waals surface area contributed by atoms with Crippen LogP contribution in [0.1, 0.15) is 19.3 Å². The summed E-state index contributed by atoms with van der Waals surface area (Å²) in [7, 11) is 1.46. The van der Waals surface area contributed by atoms with Gasteiger partial charge in [0.15, 0.2) is 0 Å². The highest BCUT2D eigenvalue weighted by Gasteiger charge is 2.57. The van der Waals surface area contributed by atoms with Crippen LogP contribution in [-0.4, -0.2) is 30.6 Å². The van der Waals surface area contributed by atoms with Crippen molar-refractivity contribution in [1.82, 2.24) is 0 Å². The highest BCUT2D eigenvalue weighted by atomic mass is 32.2. The van der Waals surface area contributed by atoms with E-state index in [-0.39, 0.29) is 17.4 Å². The van der Waals surface area contributed by atoms with Gasteiger partial charge >= 0.3 is 5.97 Å². The molecule has 2 unspecified atom stereocenters. The molecule has 3 nitrogen and oxygen atoms in total. The van der Waals surface area contributed by atoms with Crippen LogP contribution < -0.4 is 5.73 Å². The smallest absolute Gasteiger partial charge is 0.313 e. The maximum absolute atomic E-state index is 11.6. The summed E-state index contributed by atoms with van der Waals surface area (Å²) in [5, 5.41) is 0. The fraction of sp³-hybridized carbons (Fsp3) is 0.900. The van der Waals surface area contributed by atoms with Crippen LogP contribution in [0.4, 0.5) is 0 Å². The molecule has 2 fully saturated rings. The molecule has 2 aliphatic rings. The van der Waals surface area contributed by atoms with Crippen molar-refractivity contribution in [2.24, 2.45) is 17.1 Å². The second-order valence-electron chi connectivity index (χ2n) is 4.30. The molecule has 2 rings (SSSR count). The molecule has 0 radical (unpaired) electrons. The lowest BCUT2D eigenvalue weighted by molar-refractivity contribution is -0.148. The average molecular weight is 215 g/mol. The van der Waals surface area contributed by atoms with Crippen LogP contribution >= 0.6 is 11.8 Å². The fourth-order valence-electron chi connectivity index (χ4n) is 2.30. The van der Waals surface area contributed by atoms with E-state index in [1.807, 2.05) is 11.8 Å². The number of nitrogens with two attached hydrogens (primary N) is 1. The van der Waals surface area contributed by atoms with E-state index in [9.17, 15) is 4.79 Å². The molecule has 80 valence electrons. The summed E-state index contributed by atoms with van der Waals surface area (Å²) in [4.78, 5) is 11.6. The summed E-state index contributed by atoms with van der Waals surface area (Å²) < 4.78 is 4.83. The van der Waals surface area contributed by atoms with Crippen LogP contribution in [0.3, 0.4) is 0 Å². The number of hydrogen-bond acceptors (Lipinski definition) is 4. The molecule has 1 saturated carbocycles. The molecule has 0 aromatic heterocycles. The van der Waals surface area contributed by atoms with Gasteiger partial charge in [0.1, 0.15) is 0 Å². The van der Waals surface area contributed by atoms with Gasteiger partial charge in [-0.2, -0.15) is 11.8 Å². The van der Waals surface area contributed by atoms with Crippen LogP contribution in [-0.2, 0) is 9.53 Å². The number of carbonyl (C=O) groups is 1. The van der Waals surface area contributed by atoms with Crippen molar-refractivity contribution in [3.63, 3.8) is 0 Å². The lowest BCUT2D eigenvalue weighted by Gasteiger charge is -2.25. The van der Waals surface area contributed by atoms with Gasteiger partial charge < -0.3 is 10.5 Å². The third-order valence-corrected chi connectivity index (χ3v) is 4.68. The van der Waals surface area contributed by atoms with Gasteiger partial charge in [-0.05, 0) is 36.7 Å². The number of thioether (sulfide) groups is 1. The maximum Gasteiger partial charge on any atom is 0.313 e. The van der Waals surface area contributed by atoms with Gasteiger partial charge in [-0.1, -0.05) is 0 Å². The van der Waals surface area contributed by atoms with Gasteiger partial charge in [-0.25, -0.2) is 0 Å². The summed E-state index contributed by atoms with van der Waals surface area (Å²) in [6.45, 7) is 0. The van der Waals surface area contributed by atoms with Crippen molar-refractivity contribution in [2.75, 3.05) is 18.6 Å². The summed E-state index contributed by atoms with van der Waals surface area (Å²) in [5.74, 6) is 2.72. The molecule has 0 spiro atoms. The van der Waals surface area contributed by atoms with Crippen LogP contribution in [0, 0.1) is 11.3 Å². The fourth-order valence-corrected chi connectivity index (χ4v) is 3.61. The van der Waals surface area contributed by atoms with E-state index in [1.54, 1.807) is 0 Å². The van der Waals surface area contributed by atoms with Crippen LogP contribution in [0.25, 0.3) is 0 Å². The molecule has 0 aromatic rings. The van der Waals surface area contributed by atoms with E-state index in [0.29, 0.717) is 5.92 Å². The Morgan fingerprint density at radius 1 is 1.64 bits per heavy atom. The minimum atomic E-state index is -0.315. The zero-order valence-corrected chi connectivity index (χ0v) is 9.31. The minimum absolute atomic E-state index is 0.0185. The predicted molar refractivity (Wildman–Crippen MR) is 57.1 cm³/mol. The molecule has 4 heteroatoms. The molecule has 0 amide bonds. The first-order chi connectivity index (χ1) is 6.70. The summed E-state index contributed by atoms with van der Waals surface area (Å²) in [5.41, 5.74) is 5.87. The third-order valence-electron chi connectivity index (χ3n) is 3.49. The Balaban J connectivity index is 2.02. The van der Waals surface area contributed by atoms with Crippen molar-refractivity contribution in [2.45, 2.75) is 25.3 Å². The number of esters is 1. The van der Waals surface area contributed by atoms with Crippen LogP contribution in [0.2, 0.25) is 0 Å². The van der Waals surface area contributed by atoms with Gasteiger partial charge in [0.05, 0.1) is 12.5 Å². The number of ether oxygens (including phenoxy) is 1. The SMILES string of the molecule is COC(=O)C1(C(N)C2CCSC2)CC1. The van der Waals surface area contributed by atoms with Crippen LogP contribution in [0.5, 0.6) is 0 Å². The van der Waals surface area contributed by atoms with Gasteiger partial charge in [-0.15, -0.1) is 0 Å². The first-order valence-electron chi connectivity index (χ1n) is 5.12. The van der Waals surface area contributed by atoms with Crippen molar-refractivity contribution >= 4 is 17.7 Å². The molecule has 1 heterocycles. The summed E-state index contributed by atoms with van der Waals surface area (Å²) in [6.07, 6.45) is 2.99. The van der Waals surface area contributed by atoms with Crippen molar-refractivity contribution in [1.29, 1.82) is 0 Å². The Bertz CT molecular complexity index is 234. The lowest BCUT2D eigenvalue weighted by atomic mass is 9.86. The third kappa shape index (κ3) is 1.54. The lowest BCUT2D eigenvalue weighted by Crippen LogP contribution is -2.43. The van der Waals surface area contributed by atoms with Crippen molar-refractivity contribution in [3.8, 4) is 0 Å². The van der Waals surface area contributed by atoms with E-state index in [4.69, 9.17) is 10.5 Å². The Kier molecular flexibility index (Phi) is 2.75. The number of carbonyl (C=O) groups excluding carboxylic acids is 1. The molecule has 1 aliphatic heterocycles. The molecule has 2 N–H and O–H groups in total. The highest BCUT2D eigenvalue weighted by molar-refractivity contribution is 7.99. The Morgan fingerprint density at radius 2 is 2.36 bits per heavy atom. The quantitative estimate of drug-likeness (QED) is 0.714. The van der Waals surface area contributed by atoms with E-state index in [0.717, 1.165) is 25.0 Å². The Labute approximate surface area is 88.8 Å². The molecule has 1 saturated heterocycles. The van der Waals surface area contributed by atoms with Gasteiger partial charge in [0.25, 0.3) is 0 Å². The number of methoxy groups -OCH3 is 1. The largest absolute Gasteiger partial charge is 0.469 e. The monoisotopic (exact) mass is 215 g/mol. The number of hydrogen-bond donors (Lipinski definition) is 1. The van der Waals surface area contributed by atoms with Crippen LogP contribution in [0.15, 0.2) is 0 Å². The summed E-state index contributed by atoms with van der Waals surface area (Å²) in [6, 6.07) is 0.0185. The van der Waals surface area contributed by atoms with E-state index in [2.05, 4.69) is 0 Å². The maximum atomic E-state index is 11.6. The van der Waals surface area contributed by atoms with Crippen molar-refractivity contribution in [3.05, 3.63) is 0 Å². The Hall–Kier alpha value is -0.220. The van der Waals surface area contributed by atoms with E-state index >= 15 is 0 Å². The molecule has 2 atom stereocenters. The first kappa shape index (κ1) is 10.3. The van der Waals surface area contributed by atoms with Gasteiger partial charge in [0, 0.05) is 6.04 Å². The standard InChI is InChI=1S/C10H17NO2S/c1-13-9(12)10(3-4-10)8(11)7-2-5-14-6-7/h7-8H,2-6,11H2,1H3. The van der Waals surface area contributed by atoms with Gasteiger partial charge in [-0.3, -0.25) is 4.79 Å². The molecule has 0 bridgehead atoms. The van der Waals surface area contributed by atoms with E-state index in [1.165, 1.54) is 12.9 Å². The van der Waals surface area contributed by atoms with E-state index < -0.39 is 0 Å². The van der Waals surface area contributed by atoms with Gasteiger partial charge in [0.2, 0.25) is 0 Å². The molecule has 14 heavy (non-hydrogen) atoms. The second-order valence-corrected chi connectivity index (χ2v) is 5.45. The number of rotatable bonds is 3.